The number of nitrogen functional groups attached to an aromatic ring is 1. The quantitative estimate of drug-likeness (QED) is 0.216. The molecule has 6 rings (SSSR count). The van der Waals surface area contributed by atoms with E-state index in [0.29, 0.717) is 11.0 Å². The number of aromatic nitrogens is 6. The number of nitrogens with two attached hydrogens (primary N) is 1. The summed E-state index contributed by atoms with van der Waals surface area (Å²) >= 11 is 0. The Morgan fingerprint density at radius 3 is 1.92 bits per heavy atom. The lowest BCUT2D eigenvalue weighted by Gasteiger charge is -2.04. The van der Waals surface area contributed by atoms with E-state index in [2.05, 4.69) is 19.9 Å². The fourth-order valence-corrected chi connectivity index (χ4v) is 3.76. The maximum atomic E-state index is 10.8. The van der Waals surface area contributed by atoms with Crippen LogP contribution in [0.1, 0.15) is 11.4 Å². The van der Waals surface area contributed by atoms with Crippen molar-refractivity contribution in [2.75, 3.05) is 5.73 Å². The van der Waals surface area contributed by atoms with Crippen LogP contribution >= 0.6 is 0 Å². The van der Waals surface area contributed by atoms with Gasteiger partial charge >= 0.3 is 0 Å². The molecular weight excluding hydrogens is 456 g/mol. The van der Waals surface area contributed by atoms with Gasteiger partial charge in [0.2, 0.25) is 0 Å². The fraction of sp³-hybridized carbons (Fsp3) is 0.0769. The summed E-state index contributed by atoms with van der Waals surface area (Å²) in [5.41, 5.74) is 13.6. The van der Waals surface area contributed by atoms with Crippen LogP contribution < -0.4 is 5.73 Å². The van der Waals surface area contributed by atoms with Crippen LogP contribution in [0.15, 0.2) is 85.7 Å². The van der Waals surface area contributed by atoms with Crippen LogP contribution in [0.4, 0.5) is 11.4 Å². The van der Waals surface area contributed by atoms with E-state index >= 15 is 0 Å². The van der Waals surface area contributed by atoms with E-state index in [-0.39, 0.29) is 5.69 Å². The van der Waals surface area contributed by atoms with Crippen molar-refractivity contribution in [3.05, 3.63) is 107 Å². The van der Waals surface area contributed by atoms with Gasteiger partial charge in [-0.1, -0.05) is 0 Å². The monoisotopic (exact) mass is 478 g/mol. The third-order valence-electron chi connectivity index (χ3n) is 5.66. The topological polar surface area (TPSA) is 131 Å². The first-order valence-electron chi connectivity index (χ1n) is 11.1. The van der Waals surface area contributed by atoms with Crippen molar-refractivity contribution in [3.63, 3.8) is 0 Å². The van der Waals surface area contributed by atoms with Gasteiger partial charge < -0.3 is 5.73 Å². The summed E-state index contributed by atoms with van der Waals surface area (Å²) in [6.45, 7) is 3.87. The average molecular weight is 479 g/mol. The van der Waals surface area contributed by atoms with Gasteiger partial charge in [0.1, 0.15) is 12.7 Å². The molecule has 0 atom stereocenters. The lowest BCUT2D eigenvalue weighted by atomic mass is 10.2. The highest BCUT2D eigenvalue weighted by molar-refractivity contribution is 5.81. The number of imidazole rings is 2. The predicted octanol–water partition coefficient (Wildman–Crippen LogP) is 4.95. The number of hydrogen-bond acceptors (Lipinski definition) is 7. The highest BCUT2D eigenvalue weighted by Gasteiger charge is 2.11. The molecule has 4 aromatic heterocycles. The number of hydrogen-bond donors (Lipinski definition) is 1. The first-order valence-corrected chi connectivity index (χ1v) is 11.1. The summed E-state index contributed by atoms with van der Waals surface area (Å²) in [6, 6.07) is 18.1. The molecule has 10 nitrogen and oxygen atoms in total. The minimum Gasteiger partial charge on any atom is -0.399 e. The molecule has 0 aliphatic carbocycles. The van der Waals surface area contributed by atoms with Gasteiger partial charge in [0, 0.05) is 29.2 Å². The first kappa shape index (κ1) is 22.7. The highest BCUT2D eigenvalue weighted by Crippen LogP contribution is 2.23. The molecule has 0 amide bonds. The summed E-state index contributed by atoms with van der Waals surface area (Å²) in [5, 5.41) is 10.8. The molecule has 10 heteroatoms. The van der Waals surface area contributed by atoms with Gasteiger partial charge in [-0.05, 0) is 62.4 Å². The van der Waals surface area contributed by atoms with Crippen molar-refractivity contribution >= 4 is 33.4 Å². The summed E-state index contributed by atoms with van der Waals surface area (Å²) in [5.74, 6) is 0. The third-order valence-corrected chi connectivity index (χ3v) is 5.66. The largest absolute Gasteiger partial charge is 0.399 e. The van der Waals surface area contributed by atoms with Crippen LogP contribution in [-0.2, 0) is 0 Å². The molecule has 4 heterocycles. The second kappa shape index (κ2) is 9.26. The number of nitro groups is 1. The van der Waals surface area contributed by atoms with E-state index in [1.807, 2.05) is 67.1 Å². The Morgan fingerprint density at radius 1 is 0.722 bits per heavy atom. The summed E-state index contributed by atoms with van der Waals surface area (Å²) < 4.78 is 3.79. The van der Waals surface area contributed by atoms with Gasteiger partial charge in [-0.2, -0.15) is 0 Å². The van der Waals surface area contributed by atoms with Crippen LogP contribution in [0.3, 0.4) is 0 Å². The number of nitro benzene ring substituents is 1. The van der Waals surface area contributed by atoms with Crippen molar-refractivity contribution in [1.29, 1.82) is 0 Å². The fourth-order valence-electron chi connectivity index (χ4n) is 3.76. The molecule has 0 fully saturated rings. The molecule has 0 aliphatic heterocycles. The number of nitrogens with zero attached hydrogens (tertiary/aromatic N) is 7. The second-order valence-electron chi connectivity index (χ2n) is 8.22. The number of anilines is 1. The van der Waals surface area contributed by atoms with Gasteiger partial charge in [0.05, 0.1) is 50.8 Å². The normalized spacial score (nSPS) is 10.8. The molecular formula is C26H22N8O2. The van der Waals surface area contributed by atoms with Gasteiger partial charge in [-0.15, -0.1) is 0 Å². The van der Waals surface area contributed by atoms with Crippen LogP contribution in [0.5, 0.6) is 0 Å². The molecule has 178 valence electrons. The predicted molar refractivity (Wildman–Crippen MR) is 138 cm³/mol. The van der Waals surface area contributed by atoms with Crippen LogP contribution in [0.25, 0.3) is 33.4 Å². The Hall–Kier alpha value is -5.12. The van der Waals surface area contributed by atoms with E-state index in [1.165, 1.54) is 12.1 Å². The van der Waals surface area contributed by atoms with E-state index in [1.54, 1.807) is 29.5 Å². The number of aryl methyl sites for hydroxylation is 2. The molecule has 0 saturated heterocycles. The molecule has 2 aromatic carbocycles. The van der Waals surface area contributed by atoms with E-state index in [4.69, 9.17) is 5.73 Å². The van der Waals surface area contributed by atoms with Crippen molar-refractivity contribution in [2.45, 2.75) is 13.8 Å². The zero-order valence-corrected chi connectivity index (χ0v) is 19.6. The second-order valence-corrected chi connectivity index (χ2v) is 8.22. The van der Waals surface area contributed by atoms with Crippen molar-refractivity contribution < 1.29 is 4.92 Å². The van der Waals surface area contributed by atoms with Gasteiger partial charge in [-0.25, -0.2) is 9.97 Å². The molecule has 0 radical (unpaired) electrons. The van der Waals surface area contributed by atoms with Gasteiger partial charge in [0.25, 0.3) is 5.69 Å². The van der Waals surface area contributed by atoms with Crippen molar-refractivity contribution in [1.82, 2.24) is 29.1 Å². The molecule has 0 saturated carbocycles. The SMILES string of the molecule is Cc1ccc(-n2cnc3cc(N)ccc32)cn1.Cc1ccc(-n2cnc3ccc([N+](=O)[O-])cc32)cn1. The Kier molecular flexibility index (Phi) is 5.83. The number of rotatable bonds is 3. The molecule has 0 unspecified atom stereocenters. The van der Waals surface area contributed by atoms with Gasteiger partial charge in [0.15, 0.2) is 0 Å². The summed E-state index contributed by atoms with van der Waals surface area (Å²) in [4.78, 5) is 27.5. The van der Waals surface area contributed by atoms with E-state index < -0.39 is 4.92 Å². The Balaban J connectivity index is 0.000000149. The summed E-state index contributed by atoms with van der Waals surface area (Å²) in [6.07, 6.45) is 6.99. The molecule has 2 N–H and O–H groups in total. The van der Waals surface area contributed by atoms with Crippen LogP contribution in [0, 0.1) is 24.0 Å². The number of benzene rings is 2. The zero-order valence-electron chi connectivity index (χ0n) is 19.6. The number of fused-ring (bicyclic) bond motifs is 2. The molecule has 0 bridgehead atoms. The molecule has 0 spiro atoms. The number of pyridine rings is 2. The van der Waals surface area contributed by atoms with Crippen LogP contribution in [-0.4, -0.2) is 34.0 Å². The lowest BCUT2D eigenvalue weighted by Crippen LogP contribution is -1.94. The Labute approximate surface area is 205 Å². The van der Waals surface area contributed by atoms with Crippen molar-refractivity contribution in [3.8, 4) is 11.4 Å². The molecule has 6 aromatic rings. The average Bonchev–Trinajstić information content (AvgIpc) is 3.49. The van der Waals surface area contributed by atoms with E-state index in [9.17, 15) is 10.1 Å². The maximum Gasteiger partial charge on any atom is 0.271 e. The molecule has 36 heavy (non-hydrogen) atoms. The standard InChI is InChI=1S/C13H10N4O2.C13H12N4/c1-9-2-3-11(7-14-9)16-8-15-12-5-4-10(17(18)19)6-13(12)16;1-9-2-4-11(7-15-9)17-8-16-12-6-10(14)3-5-13(12)17/h2-8H,1H3;2-8H,14H2,1H3. The Bertz CT molecular complexity index is 1690. The zero-order chi connectivity index (χ0) is 25.2. The van der Waals surface area contributed by atoms with Crippen LogP contribution in [0.2, 0.25) is 0 Å². The highest BCUT2D eigenvalue weighted by atomic mass is 16.6. The van der Waals surface area contributed by atoms with Crippen molar-refractivity contribution in [2.24, 2.45) is 0 Å². The Morgan fingerprint density at radius 2 is 1.33 bits per heavy atom. The van der Waals surface area contributed by atoms with E-state index in [0.717, 1.165) is 39.5 Å². The minimum atomic E-state index is -0.413. The maximum absolute atomic E-state index is 10.8. The lowest BCUT2D eigenvalue weighted by molar-refractivity contribution is -0.384. The van der Waals surface area contributed by atoms with Gasteiger partial charge in [-0.3, -0.25) is 29.2 Å². The summed E-state index contributed by atoms with van der Waals surface area (Å²) in [7, 11) is 0. The third kappa shape index (κ3) is 4.47. The molecule has 0 aliphatic rings. The smallest absolute Gasteiger partial charge is 0.271 e. The number of non-ortho nitro benzene ring substituents is 1. The minimum absolute atomic E-state index is 0.0503. The first-order chi connectivity index (χ1) is 17.4.